The number of ether oxygens (including phenoxy) is 5. The van der Waals surface area contributed by atoms with Crippen LogP contribution in [0.2, 0.25) is 0 Å². The third kappa shape index (κ3) is 3.18. The summed E-state index contributed by atoms with van der Waals surface area (Å²) in [6.45, 7) is 3.85. The quantitative estimate of drug-likeness (QED) is 0.334. The zero-order valence-corrected chi connectivity index (χ0v) is 24.8. The number of carbonyl (C=O) groups is 5. The Morgan fingerprint density at radius 3 is 2.24 bits per heavy atom. The van der Waals surface area contributed by atoms with E-state index in [0.29, 0.717) is 11.1 Å². The summed E-state index contributed by atoms with van der Waals surface area (Å²) in [5.74, 6) is -8.22. The van der Waals surface area contributed by atoms with Crippen LogP contribution in [-0.2, 0) is 44.3 Å². The third-order valence-corrected chi connectivity index (χ3v) is 10.1. The molecular formula is C32H28O13. The van der Waals surface area contributed by atoms with Crippen molar-refractivity contribution in [1.29, 1.82) is 0 Å². The number of ketones is 1. The SMILES string of the molecule is COC(=O)CC1OC(=O)c2c(O)cc(C)c3c2C1=C(O)C1C24COC(=O)c5c(O)cc(C)c(c52)C(=O)C(C4OC(C)=O)C31OC. The minimum absolute atomic E-state index is 0.0169. The van der Waals surface area contributed by atoms with Crippen molar-refractivity contribution in [3.8, 4) is 11.5 Å². The number of cyclic esters (lactones) is 2. The van der Waals surface area contributed by atoms with Crippen LogP contribution in [0.15, 0.2) is 17.9 Å². The van der Waals surface area contributed by atoms with Crippen molar-refractivity contribution in [3.63, 3.8) is 0 Å². The summed E-state index contributed by atoms with van der Waals surface area (Å²) in [5.41, 5.74) is -3.23. The maximum Gasteiger partial charge on any atom is 0.343 e. The van der Waals surface area contributed by atoms with Crippen molar-refractivity contribution < 1.29 is 63.0 Å². The molecule has 0 radical (unpaired) electrons. The van der Waals surface area contributed by atoms with Crippen LogP contribution in [0.5, 0.6) is 11.5 Å². The summed E-state index contributed by atoms with van der Waals surface area (Å²) in [5, 5.41) is 34.6. The molecule has 0 amide bonds. The van der Waals surface area contributed by atoms with Gasteiger partial charge < -0.3 is 39.0 Å². The number of methoxy groups -OCH3 is 2. The van der Waals surface area contributed by atoms with Gasteiger partial charge in [0.05, 0.1) is 30.8 Å². The first kappa shape index (κ1) is 28.8. The Morgan fingerprint density at radius 2 is 1.60 bits per heavy atom. The fourth-order valence-electron chi connectivity index (χ4n) is 8.77. The second-order valence-corrected chi connectivity index (χ2v) is 12.1. The number of phenols is 2. The molecule has 45 heavy (non-hydrogen) atoms. The smallest absolute Gasteiger partial charge is 0.343 e. The summed E-state index contributed by atoms with van der Waals surface area (Å²) < 4.78 is 28.4. The van der Waals surface area contributed by atoms with E-state index < -0.39 is 95.0 Å². The molecule has 3 aliphatic carbocycles. The average Bonchev–Trinajstić information content (AvgIpc) is 3.14. The summed E-state index contributed by atoms with van der Waals surface area (Å²) in [6, 6.07) is 2.57. The largest absolute Gasteiger partial charge is 0.511 e. The molecule has 2 aromatic rings. The molecule has 3 N–H and O–H groups in total. The van der Waals surface area contributed by atoms with Gasteiger partial charge >= 0.3 is 23.9 Å². The number of aryl methyl sites for hydroxylation is 2. The van der Waals surface area contributed by atoms with Crippen LogP contribution in [0.3, 0.4) is 0 Å². The highest BCUT2D eigenvalue weighted by Gasteiger charge is 2.80. The van der Waals surface area contributed by atoms with E-state index in [1.807, 2.05) is 0 Å². The molecule has 1 fully saturated rings. The first-order chi connectivity index (χ1) is 21.3. The molecule has 2 heterocycles. The predicted molar refractivity (Wildman–Crippen MR) is 149 cm³/mol. The minimum atomic E-state index is -1.89. The van der Waals surface area contributed by atoms with E-state index in [1.54, 1.807) is 13.8 Å². The molecule has 2 bridgehead atoms. The van der Waals surface area contributed by atoms with Crippen LogP contribution in [0.4, 0.5) is 0 Å². The summed E-state index contributed by atoms with van der Waals surface area (Å²) in [4.78, 5) is 66.7. The lowest BCUT2D eigenvalue weighted by molar-refractivity contribution is -0.154. The second kappa shape index (κ2) is 9.07. The van der Waals surface area contributed by atoms with Crippen molar-refractivity contribution in [3.05, 3.63) is 62.4 Å². The fraction of sp³-hybridized carbons (Fsp3) is 0.406. The number of Topliss-reactive ketones (excluding diaryl/α,β-unsaturated/α-hetero) is 1. The normalized spacial score (nSPS) is 30.1. The number of aliphatic hydroxyl groups excluding tert-OH is 1. The second-order valence-electron chi connectivity index (χ2n) is 12.1. The van der Waals surface area contributed by atoms with E-state index in [2.05, 4.69) is 0 Å². The topological polar surface area (TPSA) is 192 Å². The molecule has 5 aliphatic rings. The number of fused-ring (bicyclic) bond motifs is 4. The molecule has 234 valence electrons. The van der Waals surface area contributed by atoms with E-state index in [-0.39, 0.29) is 39.0 Å². The Hall–Kier alpha value is -4.91. The summed E-state index contributed by atoms with van der Waals surface area (Å²) >= 11 is 0. The number of hydrogen-bond acceptors (Lipinski definition) is 13. The van der Waals surface area contributed by atoms with Crippen molar-refractivity contribution in [1.82, 2.24) is 0 Å². The number of phenolic OH excluding ortho intramolecular Hbond substituents is 2. The van der Waals surface area contributed by atoms with Crippen LogP contribution in [0.1, 0.15) is 72.2 Å². The van der Waals surface area contributed by atoms with E-state index in [9.17, 15) is 39.3 Å². The molecule has 0 saturated heterocycles. The van der Waals surface area contributed by atoms with Gasteiger partial charge in [-0.2, -0.15) is 0 Å². The van der Waals surface area contributed by atoms with Crippen molar-refractivity contribution in [2.24, 2.45) is 11.8 Å². The van der Waals surface area contributed by atoms with Crippen molar-refractivity contribution in [2.45, 2.75) is 50.4 Å². The van der Waals surface area contributed by atoms with Gasteiger partial charge in [0.25, 0.3) is 0 Å². The predicted octanol–water partition coefficient (Wildman–Crippen LogP) is 2.42. The highest BCUT2D eigenvalue weighted by molar-refractivity contribution is 6.11. The lowest BCUT2D eigenvalue weighted by atomic mass is 9.59. The molecule has 0 aromatic heterocycles. The van der Waals surface area contributed by atoms with Crippen LogP contribution in [0, 0.1) is 25.7 Å². The Bertz CT molecular complexity index is 1850. The minimum Gasteiger partial charge on any atom is -0.511 e. The number of aromatic hydroxyl groups is 2. The number of benzene rings is 2. The first-order valence-corrected chi connectivity index (χ1v) is 14.2. The standard InChI is InChI=1S/C32H28O13/c1-10-6-14(35)19-23-17(10)25(37)24-28(44-12(3)33)31(23,9-43-29(19)39)27-26(38)20-15(8-16(36)41-4)45-30(40)18-13(34)7-11(2)22(21(18)20)32(24,27)42-5/h6-7,15,24,27-28,34-35,38H,8-9H2,1-5H3. The number of carbonyl (C=O) groups excluding carboxylic acids is 5. The maximum atomic E-state index is 14.8. The molecule has 7 rings (SSSR count). The number of esters is 4. The van der Waals surface area contributed by atoms with Gasteiger partial charge in [-0.15, -0.1) is 0 Å². The molecule has 6 atom stereocenters. The molecule has 6 unspecified atom stereocenters. The van der Waals surface area contributed by atoms with E-state index in [1.165, 1.54) is 19.2 Å². The Morgan fingerprint density at radius 1 is 0.933 bits per heavy atom. The molecule has 2 aromatic carbocycles. The van der Waals surface area contributed by atoms with Crippen molar-refractivity contribution >= 4 is 35.2 Å². The van der Waals surface area contributed by atoms with E-state index in [0.717, 1.165) is 14.0 Å². The van der Waals surface area contributed by atoms with Gasteiger partial charge in [-0.25, -0.2) is 9.59 Å². The zero-order chi connectivity index (χ0) is 32.5. The Kier molecular flexibility index (Phi) is 5.81. The molecule has 13 heteroatoms. The van der Waals surface area contributed by atoms with Gasteiger partial charge in [-0.1, -0.05) is 0 Å². The van der Waals surface area contributed by atoms with Gasteiger partial charge in [-0.3, -0.25) is 14.4 Å². The highest BCUT2D eigenvalue weighted by atomic mass is 16.6. The monoisotopic (exact) mass is 620 g/mol. The van der Waals surface area contributed by atoms with Crippen molar-refractivity contribution in [2.75, 3.05) is 20.8 Å². The Labute approximate surface area is 255 Å². The molecule has 2 aliphatic heterocycles. The lowest BCUT2D eigenvalue weighted by Crippen LogP contribution is -2.56. The molecule has 1 saturated carbocycles. The Balaban J connectivity index is 1.69. The zero-order valence-electron chi connectivity index (χ0n) is 24.8. The van der Waals surface area contributed by atoms with Crippen LogP contribution in [0.25, 0.3) is 5.57 Å². The van der Waals surface area contributed by atoms with Crippen LogP contribution >= 0.6 is 0 Å². The summed E-state index contributed by atoms with van der Waals surface area (Å²) in [6.07, 6.45) is -3.32. The van der Waals surface area contributed by atoms with Gasteiger partial charge in [0.15, 0.2) is 5.78 Å². The summed E-state index contributed by atoms with van der Waals surface area (Å²) in [7, 11) is 2.45. The van der Waals surface area contributed by atoms with Gasteiger partial charge in [0, 0.05) is 30.7 Å². The third-order valence-electron chi connectivity index (χ3n) is 10.1. The van der Waals surface area contributed by atoms with Crippen LogP contribution < -0.4 is 0 Å². The number of rotatable bonds is 4. The molecule has 1 spiro atoms. The molecular weight excluding hydrogens is 592 g/mol. The van der Waals surface area contributed by atoms with E-state index >= 15 is 0 Å². The highest BCUT2D eigenvalue weighted by Crippen LogP contribution is 2.72. The fourth-order valence-corrected chi connectivity index (χ4v) is 8.77. The van der Waals surface area contributed by atoms with E-state index in [4.69, 9.17) is 23.7 Å². The average molecular weight is 621 g/mol. The number of hydrogen-bond donors (Lipinski definition) is 3. The van der Waals surface area contributed by atoms with Gasteiger partial charge in [-0.05, 0) is 48.2 Å². The van der Waals surface area contributed by atoms with Crippen LogP contribution in [-0.4, -0.2) is 78.0 Å². The molecule has 13 nitrogen and oxygen atoms in total. The van der Waals surface area contributed by atoms with Gasteiger partial charge in [0.1, 0.15) is 52.8 Å². The first-order valence-electron chi connectivity index (χ1n) is 14.2. The maximum absolute atomic E-state index is 14.8. The van der Waals surface area contributed by atoms with Gasteiger partial charge in [0.2, 0.25) is 0 Å². The lowest BCUT2D eigenvalue weighted by Gasteiger charge is -2.49. The number of aliphatic hydroxyl groups is 1.